The number of rotatable bonds is 60. The van der Waals surface area contributed by atoms with E-state index in [2.05, 4.69) is 45.1 Å². The molecule has 0 rings (SSSR count). The smallest absolute Gasteiger partial charge is 0.306 e. The van der Waals surface area contributed by atoms with Crippen LogP contribution in [0.1, 0.15) is 361 Å². The van der Waals surface area contributed by atoms with E-state index in [-0.39, 0.29) is 31.1 Å². The minimum Gasteiger partial charge on any atom is -0.462 e. The van der Waals surface area contributed by atoms with Crippen LogP contribution < -0.4 is 0 Å². The third kappa shape index (κ3) is 58.8. The van der Waals surface area contributed by atoms with E-state index in [1.807, 2.05) is 0 Å². The van der Waals surface area contributed by atoms with Gasteiger partial charge in [-0.2, -0.15) is 0 Å². The summed E-state index contributed by atoms with van der Waals surface area (Å²) in [7, 11) is 0. The molecule has 72 heavy (non-hydrogen) atoms. The van der Waals surface area contributed by atoms with Crippen molar-refractivity contribution in [3.8, 4) is 0 Å². The Hall–Kier alpha value is -2.11. The predicted molar refractivity (Wildman–Crippen MR) is 312 cm³/mol. The van der Waals surface area contributed by atoms with Gasteiger partial charge in [0.15, 0.2) is 6.10 Å². The van der Waals surface area contributed by atoms with Gasteiger partial charge < -0.3 is 14.2 Å². The highest BCUT2D eigenvalue weighted by molar-refractivity contribution is 5.71. The molecule has 1 unspecified atom stereocenters. The Morgan fingerprint density at radius 3 is 0.694 bits per heavy atom. The van der Waals surface area contributed by atoms with Crippen LogP contribution in [0.2, 0.25) is 0 Å². The van der Waals surface area contributed by atoms with Crippen LogP contribution in [0, 0.1) is 0 Å². The van der Waals surface area contributed by atoms with Crippen molar-refractivity contribution in [2.45, 2.75) is 367 Å². The third-order valence-electron chi connectivity index (χ3n) is 14.7. The monoisotopic (exact) mass is 1010 g/mol. The maximum Gasteiger partial charge on any atom is 0.306 e. The highest BCUT2D eigenvalue weighted by Crippen LogP contribution is 2.18. The van der Waals surface area contributed by atoms with E-state index >= 15 is 0 Å². The Morgan fingerprint density at radius 1 is 0.264 bits per heavy atom. The Kier molecular flexibility index (Phi) is 59.6. The zero-order valence-corrected chi connectivity index (χ0v) is 48.7. The Morgan fingerprint density at radius 2 is 0.458 bits per heavy atom. The lowest BCUT2D eigenvalue weighted by Gasteiger charge is -2.18. The number of ether oxygens (including phenoxy) is 3. The Balaban J connectivity index is 4.19. The first-order chi connectivity index (χ1) is 35.5. The lowest BCUT2D eigenvalue weighted by Crippen LogP contribution is -2.30. The Labute approximate surface area is 449 Å². The van der Waals surface area contributed by atoms with Crippen molar-refractivity contribution in [3.63, 3.8) is 0 Å². The second-order valence-corrected chi connectivity index (χ2v) is 22.0. The zero-order chi connectivity index (χ0) is 52.2. The number of carbonyl (C=O) groups excluding carboxylic acids is 3. The number of hydrogen-bond donors (Lipinski definition) is 0. The van der Waals surface area contributed by atoms with Gasteiger partial charge in [-0.3, -0.25) is 14.4 Å². The van der Waals surface area contributed by atoms with Gasteiger partial charge in [0.1, 0.15) is 13.2 Å². The normalized spacial score (nSPS) is 12.1. The van der Waals surface area contributed by atoms with Crippen molar-refractivity contribution in [2.75, 3.05) is 13.2 Å². The van der Waals surface area contributed by atoms with Crippen molar-refractivity contribution in [1.82, 2.24) is 0 Å². The van der Waals surface area contributed by atoms with Gasteiger partial charge in [0.2, 0.25) is 0 Å². The molecule has 0 N–H and O–H groups in total. The van der Waals surface area contributed by atoms with Gasteiger partial charge in [-0.25, -0.2) is 0 Å². The van der Waals surface area contributed by atoms with Crippen LogP contribution in [0.15, 0.2) is 24.3 Å². The van der Waals surface area contributed by atoms with Gasteiger partial charge in [0.25, 0.3) is 0 Å². The summed E-state index contributed by atoms with van der Waals surface area (Å²) in [6, 6.07) is 0. The molecule has 0 aromatic rings. The van der Waals surface area contributed by atoms with E-state index in [1.165, 1.54) is 250 Å². The van der Waals surface area contributed by atoms with E-state index in [1.54, 1.807) is 0 Å². The number of allylic oxidation sites excluding steroid dienone is 4. The molecule has 0 aromatic carbocycles. The molecule has 0 aliphatic rings. The summed E-state index contributed by atoms with van der Waals surface area (Å²) in [5.74, 6) is -0.866. The minimum absolute atomic E-state index is 0.0725. The zero-order valence-electron chi connectivity index (χ0n) is 48.7. The molecule has 0 aromatic heterocycles. The topological polar surface area (TPSA) is 78.9 Å². The van der Waals surface area contributed by atoms with Crippen LogP contribution in [0.4, 0.5) is 0 Å². The first-order valence-electron chi connectivity index (χ1n) is 32.3. The quantitative estimate of drug-likeness (QED) is 0.0261. The summed E-state index contributed by atoms with van der Waals surface area (Å²) in [6.07, 6.45) is 73.4. The lowest BCUT2D eigenvalue weighted by molar-refractivity contribution is -0.167. The summed E-state index contributed by atoms with van der Waals surface area (Å²) in [5, 5.41) is 0. The standard InChI is InChI=1S/C66H124O6/c1-4-7-10-13-16-19-22-25-28-29-30-31-32-33-34-35-36-37-38-39-42-44-47-50-53-56-59-65(68)71-62-63(72-66(69)60-57-54-51-48-45-41-27-24-21-18-15-12-9-6-3)61-70-64(67)58-55-52-49-46-43-40-26-23-20-17-14-11-8-5-2/h23-24,26-27,63H,4-22,25,28-62H2,1-3H3/b26-23-,27-24-. The predicted octanol–water partition coefficient (Wildman–Crippen LogP) is 21.8. The van der Waals surface area contributed by atoms with Crippen molar-refractivity contribution >= 4 is 17.9 Å². The second kappa shape index (κ2) is 61.4. The molecule has 424 valence electrons. The molecule has 0 aliphatic heterocycles. The molecular formula is C66H124O6. The molecule has 0 heterocycles. The van der Waals surface area contributed by atoms with Crippen LogP contribution in [-0.4, -0.2) is 37.2 Å². The molecule has 0 saturated carbocycles. The molecule has 0 radical (unpaired) electrons. The minimum atomic E-state index is -0.776. The maximum absolute atomic E-state index is 12.9. The van der Waals surface area contributed by atoms with Crippen LogP contribution >= 0.6 is 0 Å². The number of carbonyl (C=O) groups is 3. The summed E-state index contributed by atoms with van der Waals surface area (Å²) < 4.78 is 16.9. The molecule has 0 spiro atoms. The first kappa shape index (κ1) is 69.9. The van der Waals surface area contributed by atoms with E-state index in [0.717, 1.165) is 70.6 Å². The molecule has 0 amide bonds. The van der Waals surface area contributed by atoms with Gasteiger partial charge in [0, 0.05) is 19.3 Å². The van der Waals surface area contributed by atoms with E-state index in [9.17, 15) is 14.4 Å². The van der Waals surface area contributed by atoms with Crippen molar-refractivity contribution in [1.29, 1.82) is 0 Å². The fourth-order valence-electron chi connectivity index (χ4n) is 9.79. The number of unbranched alkanes of at least 4 members (excludes halogenated alkanes) is 45. The molecule has 6 nitrogen and oxygen atoms in total. The molecule has 1 atom stereocenters. The Bertz CT molecular complexity index is 1160. The number of esters is 3. The van der Waals surface area contributed by atoms with E-state index in [0.29, 0.717) is 19.3 Å². The third-order valence-corrected chi connectivity index (χ3v) is 14.7. The van der Waals surface area contributed by atoms with E-state index in [4.69, 9.17) is 14.2 Å². The SMILES string of the molecule is CCCCCCC/C=C\CCCCCCCC(=O)OCC(COC(=O)CCCCCCCCCCCCCCCCCCCCCCCCCCCC)OC(=O)CCCCCCC/C=C\CCCCCCC. The maximum atomic E-state index is 12.9. The largest absolute Gasteiger partial charge is 0.462 e. The summed E-state index contributed by atoms with van der Waals surface area (Å²) in [4.78, 5) is 38.2. The van der Waals surface area contributed by atoms with Crippen LogP contribution in [0.3, 0.4) is 0 Å². The number of hydrogen-bond acceptors (Lipinski definition) is 6. The van der Waals surface area contributed by atoms with Crippen LogP contribution in [-0.2, 0) is 28.6 Å². The summed E-state index contributed by atoms with van der Waals surface area (Å²) in [5.41, 5.74) is 0. The highest BCUT2D eigenvalue weighted by Gasteiger charge is 2.19. The molecule has 0 fully saturated rings. The van der Waals surface area contributed by atoms with Gasteiger partial charge >= 0.3 is 17.9 Å². The summed E-state index contributed by atoms with van der Waals surface area (Å²) in [6.45, 7) is 6.67. The van der Waals surface area contributed by atoms with Gasteiger partial charge in [-0.1, -0.05) is 295 Å². The van der Waals surface area contributed by atoms with Gasteiger partial charge in [-0.05, 0) is 70.6 Å². The fourth-order valence-corrected chi connectivity index (χ4v) is 9.79. The van der Waals surface area contributed by atoms with Gasteiger partial charge in [-0.15, -0.1) is 0 Å². The van der Waals surface area contributed by atoms with Crippen molar-refractivity contribution in [3.05, 3.63) is 24.3 Å². The second-order valence-electron chi connectivity index (χ2n) is 22.0. The molecule has 6 heteroatoms. The van der Waals surface area contributed by atoms with Crippen molar-refractivity contribution in [2.24, 2.45) is 0 Å². The molecule has 0 aliphatic carbocycles. The van der Waals surface area contributed by atoms with Gasteiger partial charge in [0.05, 0.1) is 0 Å². The molecule has 0 saturated heterocycles. The first-order valence-corrected chi connectivity index (χ1v) is 32.3. The average molecular weight is 1010 g/mol. The van der Waals surface area contributed by atoms with Crippen LogP contribution in [0.25, 0.3) is 0 Å². The van der Waals surface area contributed by atoms with E-state index < -0.39 is 6.10 Å². The fraction of sp³-hybridized carbons (Fsp3) is 0.894. The van der Waals surface area contributed by atoms with Crippen molar-refractivity contribution < 1.29 is 28.6 Å². The highest BCUT2D eigenvalue weighted by atomic mass is 16.6. The van der Waals surface area contributed by atoms with Crippen LogP contribution in [0.5, 0.6) is 0 Å². The molecule has 0 bridgehead atoms. The molecular weight excluding hydrogens is 889 g/mol. The summed E-state index contributed by atoms with van der Waals surface area (Å²) >= 11 is 0. The average Bonchev–Trinajstić information content (AvgIpc) is 3.38. The lowest BCUT2D eigenvalue weighted by atomic mass is 10.0.